The van der Waals surface area contributed by atoms with Crippen molar-refractivity contribution in [2.45, 2.75) is 95.5 Å². The highest BCUT2D eigenvalue weighted by Gasteiger charge is 2.48. The standard InChI is InChI=1S/C42H52N8O3/c1-29-36(27-44-50(29)35-18-22-47(23-19-35)34-6-4-7-34)39(51)45-33-14-10-30(11-15-33)26-43-40(52)37-16-17-38-42(20-5-21-42)48(24-25-49(37)38)28-31-8-12-32(13-9-31)41(53)46(2)3/h8-17,27,34-35H,4-7,18-26,28H2,1-3H3,(H,43,52)(H,45,51). The molecule has 3 amide bonds. The number of hydrogen-bond donors (Lipinski definition) is 2. The molecule has 2 N–H and O–H groups in total. The van der Waals surface area contributed by atoms with E-state index in [1.165, 1.54) is 36.9 Å². The Hall–Kier alpha value is -4.74. The number of rotatable bonds is 10. The lowest BCUT2D eigenvalue weighted by Crippen LogP contribution is -2.56. The van der Waals surface area contributed by atoms with Crippen LogP contribution in [0.1, 0.15) is 111 Å². The second-order valence-electron chi connectivity index (χ2n) is 15.7. The largest absolute Gasteiger partial charge is 0.347 e. The maximum absolute atomic E-state index is 13.5. The molecule has 4 aliphatic rings. The van der Waals surface area contributed by atoms with Crippen molar-refractivity contribution < 1.29 is 14.4 Å². The van der Waals surface area contributed by atoms with Gasteiger partial charge in [-0.05, 0) is 99.4 Å². The van der Waals surface area contributed by atoms with Crippen molar-refractivity contribution in [3.05, 3.63) is 106 Å². The van der Waals surface area contributed by atoms with Gasteiger partial charge in [-0.15, -0.1) is 0 Å². The molecule has 0 unspecified atom stereocenters. The predicted molar refractivity (Wildman–Crippen MR) is 205 cm³/mol. The Labute approximate surface area is 312 Å². The lowest BCUT2D eigenvalue weighted by atomic mass is 9.71. The second-order valence-corrected chi connectivity index (χ2v) is 15.7. The topological polar surface area (TPSA) is 108 Å². The monoisotopic (exact) mass is 716 g/mol. The Balaban J connectivity index is 0.851. The summed E-state index contributed by atoms with van der Waals surface area (Å²) in [5.41, 5.74) is 6.91. The summed E-state index contributed by atoms with van der Waals surface area (Å²) in [5, 5.41) is 10.8. The minimum absolute atomic E-state index is 0.00828. The first-order chi connectivity index (χ1) is 25.7. The molecule has 53 heavy (non-hydrogen) atoms. The third-order valence-electron chi connectivity index (χ3n) is 12.4. The van der Waals surface area contributed by atoms with Crippen LogP contribution in [0.4, 0.5) is 5.69 Å². The van der Waals surface area contributed by atoms with Crippen LogP contribution < -0.4 is 10.6 Å². The van der Waals surface area contributed by atoms with Gasteiger partial charge in [0, 0.05) is 82.0 Å². The van der Waals surface area contributed by atoms with E-state index >= 15 is 0 Å². The lowest BCUT2D eigenvalue weighted by Gasteiger charge is -2.53. The van der Waals surface area contributed by atoms with E-state index in [1.807, 2.05) is 49.4 Å². The van der Waals surface area contributed by atoms with E-state index in [4.69, 9.17) is 0 Å². The molecule has 2 aliphatic carbocycles. The lowest BCUT2D eigenvalue weighted by molar-refractivity contribution is -0.0217. The molecule has 2 aliphatic heterocycles. The molecule has 2 aromatic heterocycles. The molecule has 0 bridgehead atoms. The van der Waals surface area contributed by atoms with Crippen molar-refractivity contribution in [2.24, 2.45) is 0 Å². The third kappa shape index (κ3) is 6.81. The average Bonchev–Trinajstić information content (AvgIpc) is 3.74. The summed E-state index contributed by atoms with van der Waals surface area (Å²) >= 11 is 0. The summed E-state index contributed by atoms with van der Waals surface area (Å²) in [7, 11) is 3.54. The van der Waals surface area contributed by atoms with Crippen LogP contribution in [0, 0.1) is 6.92 Å². The third-order valence-corrected chi connectivity index (χ3v) is 12.4. The van der Waals surface area contributed by atoms with Crippen molar-refractivity contribution in [1.29, 1.82) is 0 Å². The van der Waals surface area contributed by atoms with E-state index in [0.717, 1.165) is 75.7 Å². The smallest absolute Gasteiger partial charge is 0.268 e. The predicted octanol–water partition coefficient (Wildman–Crippen LogP) is 5.96. The fourth-order valence-corrected chi connectivity index (χ4v) is 8.89. The van der Waals surface area contributed by atoms with Gasteiger partial charge in [-0.25, -0.2) is 0 Å². The van der Waals surface area contributed by atoms with E-state index in [2.05, 4.69) is 53.0 Å². The maximum Gasteiger partial charge on any atom is 0.268 e. The summed E-state index contributed by atoms with van der Waals surface area (Å²) in [4.78, 5) is 45.9. The number of likely N-dealkylation sites (tertiary alicyclic amines) is 1. The minimum atomic E-state index is -0.156. The molecule has 4 heterocycles. The fraction of sp³-hybridized carbons (Fsp3) is 0.476. The minimum Gasteiger partial charge on any atom is -0.347 e. The number of nitrogens with zero attached hydrogens (tertiary/aromatic N) is 6. The molecule has 11 heteroatoms. The molecule has 2 saturated carbocycles. The quantitative estimate of drug-likeness (QED) is 0.210. The van der Waals surface area contributed by atoms with E-state index in [0.29, 0.717) is 35.1 Å². The summed E-state index contributed by atoms with van der Waals surface area (Å²) in [5.74, 6) is -0.232. The average molecular weight is 717 g/mol. The van der Waals surface area contributed by atoms with Gasteiger partial charge in [0.1, 0.15) is 5.69 Å². The zero-order valence-corrected chi connectivity index (χ0v) is 31.3. The number of hydrogen-bond acceptors (Lipinski definition) is 6. The van der Waals surface area contributed by atoms with Crippen LogP contribution in [0.2, 0.25) is 0 Å². The molecule has 11 nitrogen and oxygen atoms in total. The highest BCUT2D eigenvalue weighted by atomic mass is 16.2. The maximum atomic E-state index is 13.5. The van der Waals surface area contributed by atoms with Gasteiger partial charge in [-0.3, -0.25) is 24.0 Å². The van der Waals surface area contributed by atoms with E-state index in [9.17, 15) is 14.4 Å². The molecule has 8 rings (SSSR count). The van der Waals surface area contributed by atoms with Gasteiger partial charge in [0.25, 0.3) is 17.7 Å². The number of anilines is 1. The van der Waals surface area contributed by atoms with Gasteiger partial charge < -0.3 is 25.0 Å². The molecular weight excluding hydrogens is 665 g/mol. The zero-order valence-electron chi connectivity index (χ0n) is 31.3. The Bertz CT molecular complexity index is 1960. The van der Waals surface area contributed by atoms with Gasteiger partial charge in [0.05, 0.1) is 23.3 Å². The Kier molecular flexibility index (Phi) is 9.72. The van der Waals surface area contributed by atoms with Gasteiger partial charge >= 0.3 is 0 Å². The second kappa shape index (κ2) is 14.6. The van der Waals surface area contributed by atoms with Crippen molar-refractivity contribution in [1.82, 2.24) is 34.4 Å². The van der Waals surface area contributed by atoms with Crippen LogP contribution in [0.15, 0.2) is 66.9 Å². The Morgan fingerprint density at radius 3 is 2.17 bits per heavy atom. The number of fused-ring (bicyclic) bond motifs is 2. The highest BCUT2D eigenvalue weighted by molar-refractivity contribution is 6.05. The van der Waals surface area contributed by atoms with Crippen LogP contribution >= 0.6 is 0 Å². The Morgan fingerprint density at radius 2 is 1.53 bits per heavy atom. The van der Waals surface area contributed by atoms with E-state index < -0.39 is 0 Å². The zero-order chi connectivity index (χ0) is 36.7. The first kappa shape index (κ1) is 35.3. The van der Waals surface area contributed by atoms with Gasteiger partial charge in [-0.2, -0.15) is 5.10 Å². The first-order valence-electron chi connectivity index (χ1n) is 19.4. The molecule has 3 fully saturated rings. The number of benzene rings is 2. The van der Waals surface area contributed by atoms with E-state index in [-0.39, 0.29) is 23.3 Å². The van der Waals surface area contributed by atoms with Crippen LogP contribution in [-0.2, 0) is 25.2 Å². The van der Waals surface area contributed by atoms with Crippen molar-refractivity contribution in [3.8, 4) is 0 Å². The molecule has 1 spiro atoms. The number of aromatic nitrogens is 3. The molecule has 0 radical (unpaired) electrons. The van der Waals surface area contributed by atoms with E-state index in [1.54, 1.807) is 25.2 Å². The van der Waals surface area contributed by atoms with Gasteiger partial charge in [0.15, 0.2) is 0 Å². The summed E-state index contributed by atoms with van der Waals surface area (Å²) in [6.45, 7) is 7.01. The van der Waals surface area contributed by atoms with Crippen molar-refractivity contribution >= 4 is 23.4 Å². The summed E-state index contributed by atoms with van der Waals surface area (Å²) < 4.78 is 4.27. The number of carbonyl (C=O) groups is 3. The Morgan fingerprint density at radius 1 is 0.811 bits per heavy atom. The number of piperidine rings is 1. The normalized spacial score (nSPS) is 18.9. The molecular formula is C42H52N8O3. The van der Waals surface area contributed by atoms with Gasteiger partial charge in [0.2, 0.25) is 0 Å². The highest BCUT2D eigenvalue weighted by Crippen LogP contribution is 2.49. The number of carbonyl (C=O) groups excluding carboxylic acids is 3. The summed E-state index contributed by atoms with van der Waals surface area (Å²) in [6.07, 6.45) is 11.2. The summed E-state index contributed by atoms with van der Waals surface area (Å²) in [6, 6.07) is 20.8. The molecule has 278 valence electrons. The molecule has 2 aromatic carbocycles. The van der Waals surface area contributed by atoms with Crippen LogP contribution in [0.5, 0.6) is 0 Å². The number of amides is 3. The van der Waals surface area contributed by atoms with Crippen molar-refractivity contribution in [3.63, 3.8) is 0 Å². The van der Waals surface area contributed by atoms with Crippen LogP contribution in [0.3, 0.4) is 0 Å². The van der Waals surface area contributed by atoms with Crippen molar-refractivity contribution in [2.75, 3.05) is 39.0 Å². The SMILES string of the molecule is Cc1c(C(=O)Nc2ccc(CNC(=O)c3ccc4n3CCN(Cc3ccc(C(=O)N(C)C)cc3)C43CCC3)cc2)cnn1C1CCN(C2CCC2)CC1. The fourth-order valence-electron chi connectivity index (χ4n) is 8.89. The number of nitrogens with one attached hydrogen (secondary N) is 2. The molecule has 4 aromatic rings. The van der Waals surface area contributed by atoms with Crippen LogP contribution in [0.25, 0.3) is 0 Å². The molecule has 1 saturated heterocycles. The first-order valence-corrected chi connectivity index (χ1v) is 19.4. The molecule has 0 atom stereocenters. The van der Waals surface area contributed by atoms with Crippen LogP contribution in [-0.4, -0.2) is 86.5 Å². The van der Waals surface area contributed by atoms with Gasteiger partial charge in [-0.1, -0.05) is 30.7 Å².